The van der Waals surface area contributed by atoms with E-state index in [2.05, 4.69) is 83.3 Å². The van der Waals surface area contributed by atoms with Crippen LogP contribution in [0.4, 0.5) is 0 Å². The van der Waals surface area contributed by atoms with E-state index in [0.29, 0.717) is 0 Å². The summed E-state index contributed by atoms with van der Waals surface area (Å²) in [6.07, 6.45) is 0. The van der Waals surface area contributed by atoms with E-state index >= 15 is 0 Å². The Labute approximate surface area is 179 Å². The van der Waals surface area contributed by atoms with Crippen molar-refractivity contribution in [3.8, 4) is 22.4 Å². The summed E-state index contributed by atoms with van der Waals surface area (Å²) in [4.78, 5) is 5.08. The van der Waals surface area contributed by atoms with Crippen molar-refractivity contribution in [1.29, 1.82) is 0 Å². The molecule has 0 saturated carbocycles. The van der Waals surface area contributed by atoms with Crippen molar-refractivity contribution in [2.45, 2.75) is 0 Å². The SMILES string of the molecule is Clc1ccc(-c2c3ccccc3c(-c3ccccc3)c3nc4ccccc4n23)cc1. The minimum Gasteiger partial charge on any atom is -0.291 e. The largest absolute Gasteiger partial charge is 0.291 e. The lowest BCUT2D eigenvalue weighted by atomic mass is 9.96. The van der Waals surface area contributed by atoms with Crippen LogP contribution in [0.3, 0.4) is 0 Å². The van der Waals surface area contributed by atoms with Gasteiger partial charge in [0.2, 0.25) is 0 Å². The van der Waals surface area contributed by atoms with E-state index in [0.717, 1.165) is 44.1 Å². The van der Waals surface area contributed by atoms with E-state index in [1.807, 2.05) is 24.3 Å². The van der Waals surface area contributed by atoms with Crippen molar-refractivity contribution in [3.05, 3.63) is 108 Å². The number of nitrogens with zero attached hydrogens (tertiary/aromatic N) is 2. The first-order valence-corrected chi connectivity index (χ1v) is 10.3. The van der Waals surface area contributed by atoms with Gasteiger partial charge in [-0.1, -0.05) is 90.5 Å². The van der Waals surface area contributed by atoms with E-state index < -0.39 is 0 Å². The molecule has 142 valence electrons. The van der Waals surface area contributed by atoms with Crippen LogP contribution in [-0.2, 0) is 0 Å². The van der Waals surface area contributed by atoms with Crippen LogP contribution in [0.5, 0.6) is 0 Å². The number of benzene rings is 4. The monoisotopic (exact) mass is 404 g/mol. The minimum absolute atomic E-state index is 0.732. The van der Waals surface area contributed by atoms with Crippen LogP contribution in [0, 0.1) is 0 Å². The molecule has 0 amide bonds. The predicted molar refractivity (Wildman–Crippen MR) is 126 cm³/mol. The summed E-state index contributed by atoms with van der Waals surface area (Å²) in [7, 11) is 0. The number of pyridine rings is 1. The molecule has 0 unspecified atom stereocenters. The molecule has 0 aliphatic heterocycles. The average molecular weight is 405 g/mol. The second kappa shape index (κ2) is 6.72. The maximum Gasteiger partial charge on any atom is 0.147 e. The Bertz CT molecular complexity index is 1530. The number of rotatable bonds is 2. The first-order chi connectivity index (χ1) is 14.8. The number of para-hydroxylation sites is 2. The molecule has 2 nitrogen and oxygen atoms in total. The molecule has 30 heavy (non-hydrogen) atoms. The van der Waals surface area contributed by atoms with Gasteiger partial charge in [-0.05, 0) is 40.8 Å². The summed E-state index contributed by atoms with van der Waals surface area (Å²) in [6, 6.07) is 35.5. The van der Waals surface area contributed by atoms with Crippen LogP contribution >= 0.6 is 11.6 Å². The number of fused-ring (bicyclic) bond motifs is 4. The smallest absolute Gasteiger partial charge is 0.147 e. The predicted octanol–water partition coefficient (Wildman–Crippen LogP) is 7.63. The third-order valence-corrected chi connectivity index (χ3v) is 5.89. The van der Waals surface area contributed by atoms with Crippen LogP contribution < -0.4 is 0 Å². The summed E-state index contributed by atoms with van der Waals surface area (Å²) >= 11 is 6.20. The molecule has 0 aliphatic rings. The van der Waals surface area contributed by atoms with Crippen LogP contribution in [-0.4, -0.2) is 9.38 Å². The van der Waals surface area contributed by atoms with Crippen LogP contribution in [0.15, 0.2) is 103 Å². The molecule has 0 aliphatic carbocycles. The third kappa shape index (κ3) is 2.54. The molecular weight excluding hydrogens is 388 g/mol. The van der Waals surface area contributed by atoms with Gasteiger partial charge < -0.3 is 0 Å². The molecule has 0 N–H and O–H groups in total. The third-order valence-electron chi connectivity index (χ3n) is 5.64. The maximum atomic E-state index is 6.20. The summed E-state index contributed by atoms with van der Waals surface area (Å²) < 4.78 is 2.29. The number of halogens is 1. The lowest BCUT2D eigenvalue weighted by Crippen LogP contribution is -1.98. The minimum atomic E-state index is 0.732. The zero-order chi connectivity index (χ0) is 20.1. The molecule has 0 atom stereocenters. The Balaban J connectivity index is 1.90. The first kappa shape index (κ1) is 17.3. The summed E-state index contributed by atoms with van der Waals surface area (Å²) in [5.74, 6) is 0. The normalized spacial score (nSPS) is 11.5. The van der Waals surface area contributed by atoms with E-state index in [9.17, 15) is 0 Å². The van der Waals surface area contributed by atoms with Crippen molar-refractivity contribution in [2.75, 3.05) is 0 Å². The Kier molecular flexibility index (Phi) is 3.87. The van der Waals surface area contributed by atoms with Crippen LogP contribution in [0.25, 0.3) is 49.8 Å². The Hall–Kier alpha value is -3.62. The zero-order valence-electron chi connectivity index (χ0n) is 16.1. The van der Waals surface area contributed by atoms with Crippen LogP contribution in [0.2, 0.25) is 5.02 Å². The Morgan fingerprint density at radius 3 is 2.07 bits per heavy atom. The molecule has 0 bridgehead atoms. The lowest BCUT2D eigenvalue weighted by molar-refractivity contribution is 1.25. The molecule has 2 aromatic heterocycles. The quantitative estimate of drug-likeness (QED) is 0.290. The highest BCUT2D eigenvalue weighted by atomic mass is 35.5. The van der Waals surface area contributed by atoms with Gasteiger partial charge in [-0.25, -0.2) is 4.98 Å². The maximum absolute atomic E-state index is 6.20. The summed E-state index contributed by atoms with van der Waals surface area (Å²) in [6.45, 7) is 0. The van der Waals surface area contributed by atoms with E-state index in [1.54, 1.807) is 0 Å². The van der Waals surface area contributed by atoms with Crippen molar-refractivity contribution < 1.29 is 0 Å². The van der Waals surface area contributed by atoms with Gasteiger partial charge in [0, 0.05) is 16.0 Å². The van der Waals surface area contributed by atoms with Crippen molar-refractivity contribution >= 4 is 39.1 Å². The molecule has 0 spiro atoms. The molecule has 0 saturated heterocycles. The van der Waals surface area contributed by atoms with Crippen molar-refractivity contribution in [3.63, 3.8) is 0 Å². The Morgan fingerprint density at radius 1 is 0.600 bits per heavy atom. The van der Waals surface area contributed by atoms with Crippen LogP contribution in [0.1, 0.15) is 0 Å². The standard InChI is InChI=1S/C27H17ClN2/c28-20-16-14-19(15-17-20)26-22-11-5-4-10-21(22)25(18-8-2-1-3-9-18)27-29-23-12-6-7-13-24(23)30(26)27/h1-17H. The number of imidazole rings is 1. The van der Waals surface area contributed by atoms with Gasteiger partial charge in [-0.3, -0.25) is 4.40 Å². The topological polar surface area (TPSA) is 17.3 Å². The number of hydrogen-bond donors (Lipinski definition) is 0. The molecule has 4 aromatic carbocycles. The van der Waals surface area contributed by atoms with Gasteiger partial charge in [-0.2, -0.15) is 0 Å². The molecule has 6 aromatic rings. The lowest BCUT2D eigenvalue weighted by Gasteiger charge is -2.16. The second-order valence-corrected chi connectivity index (χ2v) is 7.84. The summed E-state index contributed by atoms with van der Waals surface area (Å²) in [5, 5.41) is 3.11. The Morgan fingerprint density at radius 2 is 1.27 bits per heavy atom. The fourth-order valence-corrected chi connectivity index (χ4v) is 4.48. The number of aromatic nitrogens is 2. The van der Waals surface area contributed by atoms with Crippen molar-refractivity contribution in [1.82, 2.24) is 9.38 Å². The van der Waals surface area contributed by atoms with Gasteiger partial charge in [-0.15, -0.1) is 0 Å². The molecule has 3 heteroatoms. The van der Waals surface area contributed by atoms with Gasteiger partial charge in [0.1, 0.15) is 5.65 Å². The fourth-order valence-electron chi connectivity index (χ4n) is 4.35. The number of hydrogen-bond acceptors (Lipinski definition) is 1. The van der Waals surface area contributed by atoms with Gasteiger partial charge in [0.25, 0.3) is 0 Å². The van der Waals surface area contributed by atoms with Crippen molar-refractivity contribution in [2.24, 2.45) is 0 Å². The van der Waals surface area contributed by atoms with E-state index in [1.165, 1.54) is 10.8 Å². The van der Waals surface area contributed by atoms with E-state index in [-0.39, 0.29) is 0 Å². The first-order valence-electron chi connectivity index (χ1n) is 9.94. The summed E-state index contributed by atoms with van der Waals surface area (Å²) in [5.41, 5.74) is 7.61. The molecule has 0 radical (unpaired) electrons. The molecule has 2 heterocycles. The van der Waals surface area contributed by atoms with Gasteiger partial charge >= 0.3 is 0 Å². The molecule has 6 rings (SSSR count). The fraction of sp³-hybridized carbons (Fsp3) is 0. The zero-order valence-corrected chi connectivity index (χ0v) is 16.8. The second-order valence-electron chi connectivity index (χ2n) is 7.40. The van der Waals surface area contributed by atoms with E-state index in [4.69, 9.17) is 16.6 Å². The molecule has 0 fully saturated rings. The molecular formula is C27H17ClN2. The van der Waals surface area contributed by atoms with Gasteiger partial charge in [0.15, 0.2) is 0 Å². The highest BCUT2D eigenvalue weighted by molar-refractivity contribution is 6.30. The highest BCUT2D eigenvalue weighted by Gasteiger charge is 2.19. The van der Waals surface area contributed by atoms with Gasteiger partial charge in [0.05, 0.1) is 16.7 Å². The highest BCUT2D eigenvalue weighted by Crippen LogP contribution is 2.40. The average Bonchev–Trinajstić information content (AvgIpc) is 3.17.